The largest absolute Gasteiger partial charge is 0.435 e. The number of halogens is 3. The normalized spacial score (nSPS) is 15.6. The minimum atomic E-state index is -4.69. The summed E-state index contributed by atoms with van der Waals surface area (Å²) in [7, 11) is -4.29. The fourth-order valence-electron chi connectivity index (χ4n) is 4.23. The van der Waals surface area contributed by atoms with Crippen molar-refractivity contribution in [2.75, 3.05) is 24.9 Å². The minimum absolute atomic E-state index is 0.121. The van der Waals surface area contributed by atoms with Gasteiger partial charge >= 0.3 is 12.1 Å². The summed E-state index contributed by atoms with van der Waals surface area (Å²) in [5, 5.41) is 6.24. The van der Waals surface area contributed by atoms with Crippen LogP contribution in [0.5, 0.6) is 0 Å². The molecule has 0 radical (unpaired) electrons. The average molecular weight is 611 g/mol. The van der Waals surface area contributed by atoms with Gasteiger partial charge in [0.2, 0.25) is 5.91 Å². The number of aryl methyl sites for hydroxylation is 1. The first kappa shape index (κ1) is 28.8. The maximum atomic E-state index is 13.5. The van der Waals surface area contributed by atoms with Crippen LogP contribution >= 0.6 is 0 Å². The number of nitrogens with one attached hydrogen (secondary N) is 1. The van der Waals surface area contributed by atoms with Crippen molar-refractivity contribution in [1.29, 1.82) is 0 Å². The molecule has 1 N–H and O–H groups in total. The van der Waals surface area contributed by atoms with E-state index in [2.05, 4.69) is 14.6 Å². The predicted molar refractivity (Wildman–Crippen MR) is 138 cm³/mol. The van der Waals surface area contributed by atoms with Crippen LogP contribution in [0.15, 0.2) is 64.1 Å². The number of hydrogen-bond acceptors (Lipinski definition) is 9. The number of esters is 1. The van der Waals surface area contributed by atoms with Crippen LogP contribution in [0.1, 0.15) is 24.6 Å². The van der Waals surface area contributed by atoms with Crippen LogP contribution in [0.3, 0.4) is 0 Å². The fourth-order valence-corrected chi connectivity index (χ4v) is 5.27. The van der Waals surface area contributed by atoms with Crippen molar-refractivity contribution in [3.05, 3.63) is 65.9 Å². The lowest BCUT2D eigenvalue weighted by Gasteiger charge is -2.13. The van der Waals surface area contributed by atoms with Crippen LogP contribution in [0.4, 0.5) is 13.2 Å². The van der Waals surface area contributed by atoms with E-state index in [0.717, 1.165) is 21.3 Å². The molecule has 1 aliphatic heterocycles. The maximum absolute atomic E-state index is 13.5. The lowest BCUT2D eigenvalue weighted by atomic mass is 10.1. The zero-order valence-corrected chi connectivity index (χ0v) is 23.1. The molecule has 42 heavy (non-hydrogen) atoms. The van der Waals surface area contributed by atoms with Crippen LogP contribution in [0.25, 0.3) is 16.9 Å². The summed E-state index contributed by atoms with van der Waals surface area (Å²) in [6, 6.07) is 12.8. The Morgan fingerprint density at radius 1 is 1.12 bits per heavy atom. The summed E-state index contributed by atoms with van der Waals surface area (Å²) in [5.41, 5.74) is 0.678. The quantitative estimate of drug-likeness (QED) is 0.223. The van der Waals surface area contributed by atoms with Gasteiger partial charge in [-0.3, -0.25) is 14.6 Å². The highest BCUT2D eigenvalue weighted by Crippen LogP contribution is 2.33. The minimum Gasteiger partial charge on any atom is -0.426 e. The molecule has 2 aromatic heterocycles. The SMILES string of the molecule is CC(=O)OCOn1on1N1CCC(C(=O)NS(=O)(=O)c2ccc(-n3nc(C(F)(F)F)cc3-c3ccc(C)cc3)cc2)C1. The zero-order chi connectivity index (χ0) is 30.2. The smallest absolute Gasteiger partial charge is 0.426 e. The monoisotopic (exact) mass is 610 g/mol. The summed E-state index contributed by atoms with van der Waals surface area (Å²) >= 11 is 0. The first-order valence-corrected chi connectivity index (χ1v) is 14.0. The summed E-state index contributed by atoms with van der Waals surface area (Å²) in [5.74, 6) is -1.97. The first-order valence-electron chi connectivity index (χ1n) is 12.5. The van der Waals surface area contributed by atoms with Crippen molar-refractivity contribution in [3.63, 3.8) is 0 Å². The third-order valence-electron chi connectivity index (χ3n) is 6.44. The van der Waals surface area contributed by atoms with Crippen molar-refractivity contribution in [2.24, 2.45) is 5.92 Å². The molecular weight excluding hydrogens is 585 g/mol. The molecule has 0 spiro atoms. The van der Waals surface area contributed by atoms with E-state index in [1.165, 1.54) is 36.2 Å². The molecule has 4 aromatic rings. The number of rotatable bonds is 9. The van der Waals surface area contributed by atoms with Gasteiger partial charge < -0.3 is 9.57 Å². The van der Waals surface area contributed by atoms with E-state index in [0.29, 0.717) is 18.5 Å². The van der Waals surface area contributed by atoms with E-state index in [4.69, 9.17) is 9.47 Å². The molecule has 17 heteroatoms. The number of benzene rings is 2. The summed E-state index contributed by atoms with van der Waals surface area (Å²) < 4.78 is 79.1. The van der Waals surface area contributed by atoms with Gasteiger partial charge in [-0.15, -0.1) is 0 Å². The topological polar surface area (TPSA) is 143 Å². The van der Waals surface area contributed by atoms with Crippen molar-refractivity contribution in [2.45, 2.75) is 31.3 Å². The molecule has 13 nitrogen and oxygen atoms in total. The third-order valence-corrected chi connectivity index (χ3v) is 7.80. The highest BCUT2D eigenvalue weighted by atomic mass is 32.2. The molecule has 0 saturated carbocycles. The van der Waals surface area contributed by atoms with Crippen LogP contribution in [-0.2, 0) is 30.5 Å². The lowest BCUT2D eigenvalue weighted by Crippen LogP contribution is -2.38. The predicted octanol–water partition coefficient (Wildman–Crippen LogP) is 2.47. The molecule has 1 amide bonds. The number of aromatic nitrogens is 4. The molecule has 3 heterocycles. The Kier molecular flexibility index (Phi) is 7.53. The summed E-state index contributed by atoms with van der Waals surface area (Å²) in [6.45, 7) is 3.16. The Balaban J connectivity index is 1.27. The number of hydrogen-bond donors (Lipinski definition) is 1. The Labute approximate surface area is 236 Å². The molecule has 1 saturated heterocycles. The third kappa shape index (κ3) is 6.29. The molecule has 0 bridgehead atoms. The van der Waals surface area contributed by atoms with Gasteiger partial charge in [-0.25, -0.2) is 17.8 Å². The van der Waals surface area contributed by atoms with Crippen molar-refractivity contribution in [3.8, 4) is 16.9 Å². The molecule has 5 rings (SSSR count). The fraction of sp³-hybridized carbons (Fsp3) is 0.320. The van der Waals surface area contributed by atoms with Crippen LogP contribution in [0, 0.1) is 12.8 Å². The van der Waals surface area contributed by atoms with Gasteiger partial charge in [0, 0.05) is 24.0 Å². The van der Waals surface area contributed by atoms with E-state index in [-0.39, 0.29) is 29.6 Å². The zero-order valence-electron chi connectivity index (χ0n) is 22.2. The second-order valence-electron chi connectivity index (χ2n) is 9.51. The number of sulfonamides is 1. The highest BCUT2D eigenvalue weighted by Gasteiger charge is 2.36. The van der Waals surface area contributed by atoms with E-state index in [1.54, 1.807) is 29.3 Å². The van der Waals surface area contributed by atoms with Gasteiger partial charge in [0.1, 0.15) is 5.02 Å². The Hall–Kier alpha value is -4.67. The number of carbonyl (C=O) groups is 2. The molecule has 0 aliphatic carbocycles. The van der Waals surface area contributed by atoms with E-state index >= 15 is 0 Å². The maximum Gasteiger partial charge on any atom is 0.435 e. The molecule has 1 unspecified atom stereocenters. The Morgan fingerprint density at radius 2 is 1.81 bits per heavy atom. The number of carbonyl (C=O) groups excluding carboxylic acids is 2. The average Bonchev–Trinajstić information content (AvgIpc) is 3.32. The van der Waals surface area contributed by atoms with Gasteiger partial charge in [-0.05, 0) is 43.7 Å². The standard InChI is InChI=1S/C25H25F3N6O7S/c1-16-3-5-18(6-4-16)22-13-23(25(26,27)28)29-32(22)20-7-9-21(10-8-20)42(37,38)30-24(36)19-11-12-31(14-19)33-34(41-33)40-15-39-17(2)35/h3-10,13,19H,11-12,14-15H2,1-2H3,(H,30,36). The van der Waals surface area contributed by atoms with E-state index < -0.39 is 39.7 Å². The van der Waals surface area contributed by atoms with Gasteiger partial charge in [-0.2, -0.15) is 22.9 Å². The van der Waals surface area contributed by atoms with Gasteiger partial charge in [0.15, 0.2) is 5.69 Å². The molecule has 1 atom stereocenters. The van der Waals surface area contributed by atoms with E-state index in [1.807, 2.05) is 6.92 Å². The summed E-state index contributed by atoms with van der Waals surface area (Å²) in [6.07, 6.45) is -4.37. The van der Waals surface area contributed by atoms with Gasteiger partial charge in [0.05, 0.1) is 28.7 Å². The van der Waals surface area contributed by atoms with Crippen LogP contribution in [0.2, 0.25) is 0 Å². The van der Waals surface area contributed by atoms with Crippen LogP contribution in [-0.4, -0.2) is 59.9 Å². The number of nitrogens with zero attached hydrogens (tertiary/aromatic N) is 5. The van der Waals surface area contributed by atoms with Crippen molar-refractivity contribution in [1.82, 2.24) is 24.5 Å². The molecule has 1 fully saturated rings. The summed E-state index contributed by atoms with van der Waals surface area (Å²) in [4.78, 5) is 29.5. The Bertz CT molecular complexity index is 1680. The number of ether oxygens (including phenoxy) is 1. The Morgan fingerprint density at radius 3 is 2.45 bits per heavy atom. The van der Waals surface area contributed by atoms with Crippen molar-refractivity contribution < 1.29 is 45.4 Å². The number of amides is 1. The molecule has 1 aliphatic rings. The molecule has 224 valence electrons. The van der Waals surface area contributed by atoms with Crippen LogP contribution < -0.4 is 14.6 Å². The molecular formula is C25H25F3N6O7S. The number of alkyl halides is 3. The van der Waals surface area contributed by atoms with Crippen molar-refractivity contribution >= 4 is 21.9 Å². The molecule has 2 aromatic carbocycles. The lowest BCUT2D eigenvalue weighted by molar-refractivity contribution is -0.156. The van der Waals surface area contributed by atoms with Gasteiger partial charge in [-0.1, -0.05) is 29.8 Å². The first-order chi connectivity index (χ1) is 19.8. The highest BCUT2D eigenvalue weighted by molar-refractivity contribution is 7.90. The second kappa shape index (κ2) is 11.0. The van der Waals surface area contributed by atoms with Gasteiger partial charge in [0.25, 0.3) is 16.8 Å². The van der Waals surface area contributed by atoms with E-state index in [9.17, 15) is 31.2 Å². The second-order valence-corrected chi connectivity index (χ2v) is 11.2.